The van der Waals surface area contributed by atoms with Crippen LogP contribution in [0.4, 0.5) is 4.39 Å². The molecule has 0 spiro atoms. The first kappa shape index (κ1) is 68.0. The number of rotatable bonds is 1. The highest BCUT2D eigenvalue weighted by molar-refractivity contribution is 5.30. The van der Waals surface area contributed by atoms with Crippen LogP contribution in [0.3, 0.4) is 0 Å². The minimum Gasteiger partial charge on any atom is -0.328 e. The molecule has 1 nitrogen and oxygen atoms in total. The highest BCUT2D eigenvalue weighted by Crippen LogP contribution is 2.31. The Hall–Kier alpha value is -2.07. The van der Waals surface area contributed by atoms with Crippen LogP contribution >= 0.6 is 0 Å². The summed E-state index contributed by atoms with van der Waals surface area (Å²) in [7, 11) is 0. The van der Waals surface area contributed by atoms with E-state index in [1.54, 1.807) is 23.8 Å². The van der Waals surface area contributed by atoms with E-state index in [-0.39, 0.29) is 5.83 Å². The predicted molar refractivity (Wildman–Crippen MR) is 232 cm³/mol. The van der Waals surface area contributed by atoms with Crippen LogP contribution in [0.5, 0.6) is 0 Å². The Balaban J connectivity index is -0.0000000517. The monoisotopic (exact) mass is 680 g/mol. The number of hydrogen-bond donors (Lipinski definition) is 1. The van der Waals surface area contributed by atoms with E-state index in [1.165, 1.54) is 57.1 Å². The van der Waals surface area contributed by atoms with Gasteiger partial charge in [0.2, 0.25) is 0 Å². The molecule has 290 valence electrons. The molecule has 0 heterocycles. The summed E-state index contributed by atoms with van der Waals surface area (Å²) < 4.78 is 12.4. The van der Waals surface area contributed by atoms with Crippen LogP contribution in [0.1, 0.15) is 190 Å². The number of allylic oxidation sites excluding steroid dienone is 8. The third kappa shape index (κ3) is 90.4. The second kappa shape index (κ2) is 67.2. The molecule has 2 heteroatoms. The molecule has 4 aliphatic rings. The molecule has 4 aliphatic carbocycles. The first-order valence-electron chi connectivity index (χ1n) is 19.8. The van der Waals surface area contributed by atoms with Crippen LogP contribution in [0.15, 0.2) is 65.7 Å². The van der Waals surface area contributed by atoms with Crippen LogP contribution in [0, 0.1) is 36.5 Å². The van der Waals surface area contributed by atoms with Crippen LogP contribution in [-0.2, 0) is 0 Å². The van der Waals surface area contributed by atoms with Crippen molar-refractivity contribution in [2.24, 2.45) is 29.4 Å². The van der Waals surface area contributed by atoms with Crippen molar-refractivity contribution in [1.82, 2.24) is 0 Å². The molecular formula is C46H94FN. The lowest BCUT2D eigenvalue weighted by atomic mass is 9.84. The van der Waals surface area contributed by atoms with Gasteiger partial charge in [-0.2, -0.15) is 0 Å². The summed E-state index contributed by atoms with van der Waals surface area (Å²) in [6.45, 7) is 46.3. The topological polar surface area (TPSA) is 26.0 Å². The fourth-order valence-corrected chi connectivity index (χ4v) is 2.92. The fraction of sp³-hybridized carbons (Fsp3) is 0.717. The van der Waals surface area contributed by atoms with Gasteiger partial charge in [-0.3, -0.25) is 0 Å². The summed E-state index contributed by atoms with van der Waals surface area (Å²) in [6.07, 6.45) is 28.5. The van der Waals surface area contributed by atoms with E-state index in [0.717, 1.165) is 29.2 Å². The average molecular weight is 680 g/mol. The summed E-state index contributed by atoms with van der Waals surface area (Å²) in [5.41, 5.74) is 10.3. The fourth-order valence-electron chi connectivity index (χ4n) is 2.92. The van der Waals surface area contributed by atoms with Gasteiger partial charge in [0.1, 0.15) is 5.83 Å². The highest BCUT2D eigenvalue weighted by Gasteiger charge is 2.17. The van der Waals surface area contributed by atoms with Crippen molar-refractivity contribution in [3.05, 3.63) is 65.7 Å². The average Bonchev–Trinajstić information content (AvgIpc) is 4.06. The molecule has 1 atom stereocenters. The number of halogens is 1. The third-order valence-corrected chi connectivity index (χ3v) is 5.72. The van der Waals surface area contributed by atoms with Gasteiger partial charge in [0.05, 0.1) is 0 Å². The third-order valence-electron chi connectivity index (χ3n) is 5.72. The summed E-state index contributed by atoms with van der Waals surface area (Å²) in [5.74, 6) is 3.80. The minimum atomic E-state index is -0.214. The molecular weight excluding hydrogens is 586 g/mol. The summed E-state index contributed by atoms with van der Waals surface area (Å²) in [4.78, 5) is 0. The molecule has 0 aromatic rings. The van der Waals surface area contributed by atoms with Crippen molar-refractivity contribution in [2.45, 2.75) is 196 Å². The maximum atomic E-state index is 12.4. The molecule has 0 radical (unpaired) electrons. The lowest BCUT2D eigenvalue weighted by molar-refractivity contribution is 0.308. The van der Waals surface area contributed by atoms with Gasteiger partial charge in [-0.25, -0.2) is 4.39 Å². The first-order chi connectivity index (χ1) is 23.0. The van der Waals surface area contributed by atoms with Crippen molar-refractivity contribution in [3.8, 4) is 12.8 Å². The van der Waals surface area contributed by atoms with Gasteiger partial charge >= 0.3 is 0 Å². The molecule has 1 unspecified atom stereocenters. The van der Waals surface area contributed by atoms with E-state index in [2.05, 4.69) is 65.9 Å². The lowest BCUT2D eigenvalue weighted by Crippen LogP contribution is -2.08. The van der Waals surface area contributed by atoms with E-state index in [0.29, 0.717) is 6.04 Å². The van der Waals surface area contributed by atoms with Crippen molar-refractivity contribution < 1.29 is 4.39 Å². The standard InChI is InChI=1S/C8H7F.C8H16.C5H8.C5H10.C3H9N.C3H6.6C2H6.C2H2/c1-7-4-2-3-5-8(9)6-7;1-7-3-5-8(2)6-4-7;1-4-3-5(4)2;1-2-5-3-4-5;1-3(2)4;1-3-2;7*1-2/h2-3,5-6H,1H3;7-8H,3-6H2,1-2H3;3-4H,1-2H3;5H,2-4H2,1H3;3H,4H2,1-2H3;3H,1H2,2H3;6*1-2H3;1-2H. The number of nitrogens with two attached hydrogens (primary N) is 1. The maximum absolute atomic E-state index is 12.4. The Labute approximate surface area is 308 Å². The van der Waals surface area contributed by atoms with Gasteiger partial charge in [0.15, 0.2) is 0 Å². The molecule has 0 aromatic carbocycles. The Morgan fingerprint density at radius 2 is 1.08 bits per heavy atom. The second-order valence-corrected chi connectivity index (χ2v) is 10.5. The highest BCUT2D eigenvalue weighted by atomic mass is 19.1. The first-order valence-corrected chi connectivity index (χ1v) is 19.8. The normalized spacial score (nSPS) is 17.5. The zero-order valence-electron chi connectivity index (χ0n) is 37.1. The molecule has 2 N–H and O–H groups in total. The number of terminal acetylenes is 1. The molecule has 0 bridgehead atoms. The predicted octanol–water partition coefficient (Wildman–Crippen LogP) is 16.7. The van der Waals surface area contributed by atoms with E-state index in [4.69, 9.17) is 5.73 Å². The lowest BCUT2D eigenvalue weighted by Gasteiger charge is -2.22. The molecule has 4 rings (SSSR count). The molecule has 0 amide bonds. The van der Waals surface area contributed by atoms with Crippen molar-refractivity contribution in [3.63, 3.8) is 0 Å². The zero-order valence-corrected chi connectivity index (χ0v) is 37.1. The molecule has 0 aromatic heterocycles. The van der Waals surface area contributed by atoms with Crippen LogP contribution in [0.2, 0.25) is 0 Å². The Kier molecular flexibility index (Phi) is 95.1. The van der Waals surface area contributed by atoms with E-state index >= 15 is 0 Å². The molecule has 2 saturated carbocycles. The maximum Gasteiger partial charge on any atom is 0.124 e. The van der Waals surface area contributed by atoms with Gasteiger partial charge < -0.3 is 5.73 Å². The Morgan fingerprint density at radius 1 is 0.812 bits per heavy atom. The van der Waals surface area contributed by atoms with Crippen LogP contribution in [0.25, 0.3) is 0 Å². The molecule has 0 saturated heterocycles. The molecule has 48 heavy (non-hydrogen) atoms. The molecule has 0 aliphatic heterocycles. The Bertz CT molecular complexity index is 689. The van der Waals surface area contributed by atoms with Crippen molar-refractivity contribution in [1.29, 1.82) is 0 Å². The SMILES string of the molecule is C#C.C=CC.CC.CC.CC.CC.CC.CC.CC(C)N.CC1=C=CC=CC(F)=C1.CC1=CC1C.CC1CCC(C)CC1.CCC1CC1. The second-order valence-electron chi connectivity index (χ2n) is 10.5. The quantitative estimate of drug-likeness (QED) is 0.167. The van der Waals surface area contributed by atoms with Crippen LogP contribution in [-0.4, -0.2) is 6.04 Å². The van der Waals surface area contributed by atoms with Crippen molar-refractivity contribution >= 4 is 0 Å². The van der Waals surface area contributed by atoms with Gasteiger partial charge in [0, 0.05) is 0 Å². The Morgan fingerprint density at radius 3 is 1.27 bits per heavy atom. The van der Waals surface area contributed by atoms with Crippen molar-refractivity contribution in [2.75, 3.05) is 0 Å². The summed E-state index contributed by atoms with van der Waals surface area (Å²) in [6, 6.07) is 0.333. The van der Waals surface area contributed by atoms with Gasteiger partial charge in [-0.1, -0.05) is 193 Å². The van der Waals surface area contributed by atoms with E-state index < -0.39 is 0 Å². The minimum absolute atomic E-state index is 0.214. The van der Waals surface area contributed by atoms with Gasteiger partial charge in [0.25, 0.3) is 0 Å². The van der Waals surface area contributed by atoms with E-state index in [1.807, 2.05) is 111 Å². The van der Waals surface area contributed by atoms with E-state index in [9.17, 15) is 4.39 Å². The largest absolute Gasteiger partial charge is 0.328 e. The summed E-state index contributed by atoms with van der Waals surface area (Å²) >= 11 is 0. The smallest absolute Gasteiger partial charge is 0.124 e. The zero-order chi connectivity index (χ0) is 40.5. The van der Waals surface area contributed by atoms with Gasteiger partial charge in [-0.05, 0) is 74.3 Å². The van der Waals surface area contributed by atoms with Crippen LogP contribution < -0.4 is 5.73 Å². The summed E-state index contributed by atoms with van der Waals surface area (Å²) in [5, 5.41) is 0. The molecule has 2 fully saturated rings. The van der Waals surface area contributed by atoms with Gasteiger partial charge in [-0.15, -0.1) is 25.2 Å². The number of hydrogen-bond acceptors (Lipinski definition) is 1.